The van der Waals surface area contributed by atoms with Crippen molar-refractivity contribution in [2.45, 2.75) is 58.0 Å². The topological polar surface area (TPSA) is 108 Å². The maximum Gasteiger partial charge on any atom is 0.498 e. The fraction of sp³-hybridized carbons (Fsp3) is 0.722. The molecular weight excluding hydrogens is 363 g/mol. The predicted molar refractivity (Wildman–Crippen MR) is 104 cm³/mol. The molecule has 9 nitrogen and oxygen atoms in total. The lowest BCUT2D eigenvalue weighted by Crippen LogP contribution is -2.57. The minimum Gasteiger partial charge on any atom is -0.399 e. The van der Waals surface area contributed by atoms with Gasteiger partial charge in [0.1, 0.15) is 0 Å². The monoisotopic (exact) mass is 392 g/mol. The fourth-order valence-corrected chi connectivity index (χ4v) is 3.33. The van der Waals surface area contributed by atoms with Crippen molar-refractivity contribution >= 4 is 24.4 Å². The van der Waals surface area contributed by atoms with E-state index < -0.39 is 36.9 Å². The molecule has 2 aliphatic heterocycles. The smallest absolute Gasteiger partial charge is 0.399 e. The molecule has 3 heterocycles. The number of carbonyl (C=O) groups is 1. The third-order valence-corrected chi connectivity index (χ3v) is 5.84. The third kappa shape index (κ3) is 3.87. The van der Waals surface area contributed by atoms with Crippen LogP contribution in [-0.2, 0) is 14.1 Å². The minimum absolute atomic E-state index is 0.131. The van der Waals surface area contributed by atoms with Gasteiger partial charge in [0.15, 0.2) is 6.10 Å². The van der Waals surface area contributed by atoms with Gasteiger partial charge in [-0.3, -0.25) is 4.79 Å². The highest BCUT2D eigenvalue weighted by atomic mass is 16.7. The van der Waals surface area contributed by atoms with Crippen molar-refractivity contribution in [3.05, 3.63) is 12.4 Å². The molecule has 2 saturated heterocycles. The fourth-order valence-electron chi connectivity index (χ4n) is 3.33. The summed E-state index contributed by atoms with van der Waals surface area (Å²) in [5, 5.41) is 18.6. The summed E-state index contributed by atoms with van der Waals surface area (Å²) in [6.07, 6.45) is 2.05. The van der Waals surface area contributed by atoms with Gasteiger partial charge < -0.3 is 29.3 Å². The average Bonchev–Trinajstić information content (AvgIpc) is 2.88. The summed E-state index contributed by atoms with van der Waals surface area (Å²) in [5.74, 6) is 0.119. The standard InChI is InChI=1S/C18H29BN4O5/c1-12-10-22(6-7-23(12)15(26)14(25)11-24)16-20-8-13(9-21-16)19-27-17(2,3)18(4,5)28-19/h8-9,12,14,24-25H,6-7,10-11H2,1-5H3. The van der Waals surface area contributed by atoms with Crippen LogP contribution in [0.1, 0.15) is 34.6 Å². The lowest BCUT2D eigenvalue weighted by Gasteiger charge is -2.40. The van der Waals surface area contributed by atoms with E-state index in [1.807, 2.05) is 39.5 Å². The Morgan fingerprint density at radius 2 is 1.82 bits per heavy atom. The Kier molecular flexibility index (Phi) is 5.68. The summed E-state index contributed by atoms with van der Waals surface area (Å²) in [6.45, 7) is 10.8. The van der Waals surface area contributed by atoms with Crippen LogP contribution in [-0.4, -0.2) is 87.7 Å². The van der Waals surface area contributed by atoms with Gasteiger partial charge in [-0.1, -0.05) is 0 Å². The Labute approximate surface area is 165 Å². The number of rotatable bonds is 4. The van der Waals surface area contributed by atoms with E-state index >= 15 is 0 Å². The van der Waals surface area contributed by atoms with E-state index in [0.717, 1.165) is 5.46 Å². The molecule has 0 saturated carbocycles. The lowest BCUT2D eigenvalue weighted by atomic mass is 9.81. The molecule has 2 aliphatic rings. The van der Waals surface area contributed by atoms with Crippen LogP contribution in [0.3, 0.4) is 0 Å². The Morgan fingerprint density at radius 1 is 1.25 bits per heavy atom. The van der Waals surface area contributed by atoms with Gasteiger partial charge in [0.05, 0.1) is 17.8 Å². The van der Waals surface area contributed by atoms with Crippen molar-refractivity contribution in [2.75, 3.05) is 31.1 Å². The SMILES string of the molecule is CC1CN(c2ncc(B3OC(C)(C)C(C)(C)O3)cn2)CCN1C(=O)C(O)CO. The van der Waals surface area contributed by atoms with Gasteiger partial charge >= 0.3 is 7.12 Å². The zero-order chi connectivity index (χ0) is 20.7. The molecule has 2 N–H and O–H groups in total. The van der Waals surface area contributed by atoms with Gasteiger partial charge in [0.25, 0.3) is 5.91 Å². The minimum atomic E-state index is -1.37. The molecule has 3 rings (SSSR count). The number of amides is 1. The molecule has 10 heteroatoms. The van der Waals surface area contributed by atoms with Crippen LogP contribution in [0.15, 0.2) is 12.4 Å². The van der Waals surface area contributed by atoms with Crippen molar-refractivity contribution in [2.24, 2.45) is 0 Å². The molecule has 2 atom stereocenters. The number of aromatic nitrogens is 2. The van der Waals surface area contributed by atoms with Gasteiger partial charge in [-0.05, 0) is 34.6 Å². The Balaban J connectivity index is 1.65. The highest BCUT2D eigenvalue weighted by Gasteiger charge is 2.52. The normalized spacial score (nSPS) is 25.1. The highest BCUT2D eigenvalue weighted by Crippen LogP contribution is 2.36. The summed E-state index contributed by atoms with van der Waals surface area (Å²) < 4.78 is 12.0. The second-order valence-electron chi connectivity index (χ2n) is 8.43. The maximum atomic E-state index is 12.1. The first-order valence-electron chi connectivity index (χ1n) is 9.57. The van der Waals surface area contributed by atoms with Crippen LogP contribution in [0, 0.1) is 0 Å². The number of piperazine rings is 1. The zero-order valence-corrected chi connectivity index (χ0v) is 17.1. The first-order chi connectivity index (χ1) is 13.1. The van der Waals surface area contributed by atoms with Crippen LogP contribution in [0.2, 0.25) is 0 Å². The molecule has 0 spiro atoms. The van der Waals surface area contributed by atoms with Crippen LogP contribution in [0.5, 0.6) is 0 Å². The number of aliphatic hydroxyl groups is 2. The van der Waals surface area contributed by atoms with Crippen molar-refractivity contribution in [3.8, 4) is 0 Å². The molecule has 154 valence electrons. The number of aliphatic hydroxyl groups excluding tert-OH is 2. The van der Waals surface area contributed by atoms with Crippen LogP contribution < -0.4 is 10.4 Å². The summed E-state index contributed by atoms with van der Waals surface area (Å²) in [4.78, 5) is 24.6. The van der Waals surface area contributed by atoms with E-state index in [1.54, 1.807) is 17.3 Å². The molecule has 1 aromatic heterocycles. The molecule has 2 unspecified atom stereocenters. The van der Waals surface area contributed by atoms with E-state index in [4.69, 9.17) is 14.4 Å². The van der Waals surface area contributed by atoms with Gasteiger partial charge in [-0.15, -0.1) is 0 Å². The molecular formula is C18H29BN4O5. The number of carbonyl (C=O) groups excluding carboxylic acids is 1. The second kappa shape index (κ2) is 7.59. The second-order valence-corrected chi connectivity index (χ2v) is 8.43. The summed E-state index contributed by atoms with van der Waals surface area (Å²) in [7, 11) is -0.507. The molecule has 0 aliphatic carbocycles. The third-order valence-electron chi connectivity index (χ3n) is 5.84. The molecule has 0 aromatic carbocycles. The van der Waals surface area contributed by atoms with Crippen molar-refractivity contribution in [3.63, 3.8) is 0 Å². The highest BCUT2D eigenvalue weighted by molar-refractivity contribution is 6.61. The van der Waals surface area contributed by atoms with Gasteiger partial charge in [-0.25, -0.2) is 9.97 Å². The van der Waals surface area contributed by atoms with Crippen molar-refractivity contribution in [1.82, 2.24) is 14.9 Å². The van der Waals surface area contributed by atoms with Crippen molar-refractivity contribution in [1.29, 1.82) is 0 Å². The van der Waals surface area contributed by atoms with E-state index in [2.05, 4.69) is 9.97 Å². The Bertz CT molecular complexity index is 698. The van der Waals surface area contributed by atoms with Crippen molar-refractivity contribution < 1.29 is 24.3 Å². The zero-order valence-electron chi connectivity index (χ0n) is 17.1. The van der Waals surface area contributed by atoms with Gasteiger partial charge in [0.2, 0.25) is 5.95 Å². The largest absolute Gasteiger partial charge is 0.498 e. The predicted octanol–water partition coefficient (Wildman–Crippen LogP) is -0.834. The number of hydrogen-bond acceptors (Lipinski definition) is 8. The summed E-state index contributed by atoms with van der Waals surface area (Å²) in [6, 6.07) is -0.131. The quantitative estimate of drug-likeness (QED) is 0.640. The van der Waals surface area contributed by atoms with Gasteiger partial charge in [0, 0.05) is 43.5 Å². The number of hydrogen-bond donors (Lipinski definition) is 2. The maximum absolute atomic E-state index is 12.1. The Hall–Kier alpha value is -1.75. The molecule has 1 amide bonds. The van der Waals surface area contributed by atoms with E-state index in [0.29, 0.717) is 25.6 Å². The van der Waals surface area contributed by atoms with E-state index in [9.17, 15) is 9.90 Å². The summed E-state index contributed by atoms with van der Waals surface area (Å²) in [5.41, 5.74) is -0.0861. The van der Waals surface area contributed by atoms with Crippen LogP contribution in [0.4, 0.5) is 5.95 Å². The average molecular weight is 392 g/mol. The molecule has 0 radical (unpaired) electrons. The molecule has 0 bridgehead atoms. The summed E-state index contributed by atoms with van der Waals surface area (Å²) >= 11 is 0. The molecule has 2 fully saturated rings. The molecule has 28 heavy (non-hydrogen) atoms. The van der Waals surface area contributed by atoms with Crippen LogP contribution in [0.25, 0.3) is 0 Å². The van der Waals surface area contributed by atoms with Gasteiger partial charge in [-0.2, -0.15) is 0 Å². The number of anilines is 1. The van der Waals surface area contributed by atoms with E-state index in [1.165, 1.54) is 0 Å². The Morgan fingerprint density at radius 3 is 2.32 bits per heavy atom. The first-order valence-corrected chi connectivity index (χ1v) is 9.57. The van der Waals surface area contributed by atoms with Crippen LogP contribution >= 0.6 is 0 Å². The molecule has 1 aromatic rings. The number of nitrogens with zero attached hydrogens (tertiary/aromatic N) is 4. The van der Waals surface area contributed by atoms with E-state index in [-0.39, 0.29) is 6.04 Å². The first kappa shape index (κ1) is 21.0. The lowest BCUT2D eigenvalue weighted by molar-refractivity contribution is -0.144.